The van der Waals surface area contributed by atoms with E-state index < -0.39 is 5.91 Å². The number of aromatic amines is 1. The molecular formula is C19H21N5O2. The number of nitrogens with zero attached hydrogens (tertiary/aromatic N) is 3. The molecule has 0 spiro atoms. The van der Waals surface area contributed by atoms with Gasteiger partial charge < -0.3 is 10.3 Å². The minimum Gasteiger partial charge on any atom is -0.325 e. The smallest absolute Gasteiger partial charge is 0.262 e. The molecule has 26 heavy (non-hydrogen) atoms. The molecule has 7 heteroatoms. The van der Waals surface area contributed by atoms with Crippen LogP contribution in [0.1, 0.15) is 39.8 Å². The van der Waals surface area contributed by atoms with Crippen LogP contribution in [0.4, 0.5) is 5.82 Å². The van der Waals surface area contributed by atoms with Gasteiger partial charge in [-0.05, 0) is 49.6 Å². The number of hydrogen-bond acceptors (Lipinski definition) is 4. The van der Waals surface area contributed by atoms with Gasteiger partial charge in [0.1, 0.15) is 11.4 Å². The minimum absolute atomic E-state index is 0.0917. The van der Waals surface area contributed by atoms with Crippen LogP contribution in [0.2, 0.25) is 0 Å². The number of pyridine rings is 2. The van der Waals surface area contributed by atoms with Crippen LogP contribution in [0.5, 0.6) is 0 Å². The number of H-pyrrole nitrogens is 1. The number of carbonyl (C=O) groups is 1. The third kappa shape index (κ3) is 3.72. The zero-order chi connectivity index (χ0) is 18.7. The second-order valence-electron chi connectivity index (χ2n) is 6.17. The van der Waals surface area contributed by atoms with Crippen LogP contribution in [0.3, 0.4) is 0 Å². The first-order valence-corrected chi connectivity index (χ1v) is 8.45. The van der Waals surface area contributed by atoms with E-state index in [9.17, 15) is 9.59 Å². The summed E-state index contributed by atoms with van der Waals surface area (Å²) in [5.74, 6) is 0.0915. The van der Waals surface area contributed by atoms with Crippen molar-refractivity contribution in [1.82, 2.24) is 19.7 Å². The van der Waals surface area contributed by atoms with Crippen molar-refractivity contribution >= 4 is 11.7 Å². The number of rotatable bonds is 5. The van der Waals surface area contributed by atoms with Crippen molar-refractivity contribution in [3.63, 3.8) is 0 Å². The van der Waals surface area contributed by atoms with Crippen molar-refractivity contribution in [2.24, 2.45) is 0 Å². The first-order valence-electron chi connectivity index (χ1n) is 8.45. The summed E-state index contributed by atoms with van der Waals surface area (Å²) in [5.41, 5.74) is 3.22. The number of aryl methyl sites for hydroxylation is 3. The number of anilines is 1. The van der Waals surface area contributed by atoms with Gasteiger partial charge >= 0.3 is 0 Å². The lowest BCUT2D eigenvalue weighted by molar-refractivity contribution is 0.102. The molecule has 3 heterocycles. The van der Waals surface area contributed by atoms with Crippen LogP contribution >= 0.6 is 0 Å². The quantitative estimate of drug-likeness (QED) is 0.738. The molecule has 0 saturated heterocycles. The lowest BCUT2D eigenvalue weighted by Gasteiger charge is -2.10. The van der Waals surface area contributed by atoms with Gasteiger partial charge in [-0.15, -0.1) is 0 Å². The molecule has 134 valence electrons. The first-order chi connectivity index (χ1) is 12.5. The number of carbonyl (C=O) groups excluding carboxylic acids is 1. The molecule has 0 aromatic carbocycles. The predicted octanol–water partition coefficient (Wildman–Crippen LogP) is 2.45. The standard InChI is InChI=1S/C19H21N5O2/c1-4-16-12(2)9-15(18(25)21-16)19(26)22-17-10-13(3)23-24(17)11-14-5-7-20-8-6-14/h5-10H,4,11H2,1-3H3,(H,21,25)(H,22,26). The molecule has 2 N–H and O–H groups in total. The van der Waals surface area contributed by atoms with E-state index in [1.54, 1.807) is 29.2 Å². The van der Waals surface area contributed by atoms with Crippen molar-refractivity contribution in [3.8, 4) is 0 Å². The molecule has 0 saturated carbocycles. The Kier molecular flexibility index (Phi) is 4.97. The summed E-state index contributed by atoms with van der Waals surface area (Å²) in [6.07, 6.45) is 4.13. The highest BCUT2D eigenvalue weighted by Crippen LogP contribution is 2.14. The predicted molar refractivity (Wildman–Crippen MR) is 99.4 cm³/mol. The van der Waals surface area contributed by atoms with E-state index in [4.69, 9.17) is 0 Å². The van der Waals surface area contributed by atoms with Gasteiger partial charge in [-0.3, -0.25) is 14.6 Å². The fourth-order valence-corrected chi connectivity index (χ4v) is 2.82. The lowest BCUT2D eigenvalue weighted by atomic mass is 10.1. The third-order valence-corrected chi connectivity index (χ3v) is 4.17. The molecule has 0 aliphatic rings. The summed E-state index contributed by atoms with van der Waals surface area (Å²) in [6, 6.07) is 7.18. The maximum atomic E-state index is 12.6. The Hall–Kier alpha value is -3.22. The molecule has 3 rings (SSSR count). The summed E-state index contributed by atoms with van der Waals surface area (Å²) in [5, 5.41) is 7.21. The molecule has 0 aliphatic carbocycles. The van der Waals surface area contributed by atoms with Crippen LogP contribution in [-0.2, 0) is 13.0 Å². The molecule has 0 unspecified atom stereocenters. The van der Waals surface area contributed by atoms with Crippen LogP contribution in [0, 0.1) is 13.8 Å². The van der Waals surface area contributed by atoms with E-state index in [0.717, 1.165) is 22.5 Å². The Labute approximate surface area is 151 Å². The van der Waals surface area contributed by atoms with E-state index in [0.29, 0.717) is 18.8 Å². The van der Waals surface area contributed by atoms with Crippen LogP contribution in [0.15, 0.2) is 41.5 Å². The fourth-order valence-electron chi connectivity index (χ4n) is 2.82. The van der Waals surface area contributed by atoms with Gasteiger partial charge in [0.2, 0.25) is 0 Å². The van der Waals surface area contributed by atoms with Crippen molar-refractivity contribution in [1.29, 1.82) is 0 Å². The number of amides is 1. The van der Waals surface area contributed by atoms with Crippen molar-refractivity contribution in [3.05, 3.63) is 75.1 Å². The van der Waals surface area contributed by atoms with Crippen LogP contribution in [0.25, 0.3) is 0 Å². The average molecular weight is 351 g/mol. The summed E-state index contributed by atoms with van der Waals surface area (Å²) in [6.45, 7) is 6.18. The summed E-state index contributed by atoms with van der Waals surface area (Å²) < 4.78 is 1.70. The largest absolute Gasteiger partial charge is 0.325 e. The topological polar surface area (TPSA) is 92.7 Å². The molecule has 0 fully saturated rings. The second-order valence-corrected chi connectivity index (χ2v) is 6.17. The molecule has 0 radical (unpaired) electrons. The van der Waals surface area contributed by atoms with Crippen molar-refractivity contribution < 1.29 is 4.79 Å². The minimum atomic E-state index is -0.451. The Bertz CT molecular complexity index is 989. The normalized spacial score (nSPS) is 10.7. The zero-order valence-corrected chi connectivity index (χ0v) is 15.0. The van der Waals surface area contributed by atoms with Gasteiger partial charge in [0, 0.05) is 24.2 Å². The lowest BCUT2D eigenvalue weighted by Crippen LogP contribution is -2.25. The number of nitrogens with one attached hydrogen (secondary N) is 2. The Morgan fingerprint density at radius 1 is 1.23 bits per heavy atom. The summed E-state index contributed by atoms with van der Waals surface area (Å²) in [7, 11) is 0. The Morgan fingerprint density at radius 2 is 1.96 bits per heavy atom. The third-order valence-electron chi connectivity index (χ3n) is 4.17. The highest BCUT2D eigenvalue weighted by Gasteiger charge is 2.16. The maximum Gasteiger partial charge on any atom is 0.262 e. The maximum absolute atomic E-state index is 12.6. The van der Waals surface area contributed by atoms with Crippen molar-refractivity contribution in [2.45, 2.75) is 33.7 Å². The van der Waals surface area contributed by atoms with Gasteiger partial charge in [0.15, 0.2) is 0 Å². The molecule has 3 aromatic rings. The fraction of sp³-hybridized carbons (Fsp3) is 0.263. The SMILES string of the molecule is CCc1[nH]c(=O)c(C(=O)Nc2cc(C)nn2Cc2ccncc2)cc1C. The molecule has 0 aliphatic heterocycles. The van der Waals surface area contributed by atoms with E-state index >= 15 is 0 Å². The highest BCUT2D eigenvalue weighted by atomic mass is 16.2. The average Bonchev–Trinajstić information content (AvgIpc) is 2.96. The molecular weight excluding hydrogens is 330 g/mol. The van der Waals surface area contributed by atoms with Crippen molar-refractivity contribution in [2.75, 3.05) is 5.32 Å². The van der Waals surface area contributed by atoms with Gasteiger partial charge in [0.25, 0.3) is 11.5 Å². The molecule has 0 bridgehead atoms. The van der Waals surface area contributed by atoms with Gasteiger partial charge in [-0.2, -0.15) is 5.10 Å². The van der Waals surface area contributed by atoms with Crippen LogP contribution < -0.4 is 10.9 Å². The zero-order valence-electron chi connectivity index (χ0n) is 15.0. The van der Waals surface area contributed by atoms with Crippen LogP contribution in [-0.4, -0.2) is 25.7 Å². The van der Waals surface area contributed by atoms with E-state index in [2.05, 4.69) is 20.4 Å². The molecule has 3 aromatic heterocycles. The van der Waals surface area contributed by atoms with E-state index in [1.165, 1.54) is 0 Å². The second kappa shape index (κ2) is 7.35. The van der Waals surface area contributed by atoms with E-state index in [-0.39, 0.29) is 11.1 Å². The van der Waals surface area contributed by atoms with Gasteiger partial charge in [-0.25, -0.2) is 4.68 Å². The molecule has 0 atom stereocenters. The Balaban J connectivity index is 1.86. The molecule has 1 amide bonds. The first kappa shape index (κ1) is 17.6. The summed E-state index contributed by atoms with van der Waals surface area (Å²) in [4.78, 5) is 31.6. The summed E-state index contributed by atoms with van der Waals surface area (Å²) >= 11 is 0. The number of hydrogen-bond donors (Lipinski definition) is 2. The monoisotopic (exact) mass is 351 g/mol. The van der Waals surface area contributed by atoms with E-state index in [1.807, 2.05) is 32.9 Å². The van der Waals surface area contributed by atoms with Gasteiger partial charge in [0.05, 0.1) is 12.2 Å². The molecule has 7 nitrogen and oxygen atoms in total. The highest BCUT2D eigenvalue weighted by molar-refractivity contribution is 6.03. The van der Waals surface area contributed by atoms with Gasteiger partial charge in [-0.1, -0.05) is 6.92 Å². The number of aromatic nitrogens is 4. The Morgan fingerprint density at radius 3 is 2.65 bits per heavy atom.